The van der Waals surface area contributed by atoms with E-state index in [1.54, 1.807) is 40.3 Å². The number of carboxylic acids is 6. The molecule has 0 aliphatic carbocycles. The molecule has 412 valence electrons. The zero-order chi connectivity index (χ0) is 55.2. The van der Waals surface area contributed by atoms with Crippen molar-refractivity contribution in [3.8, 4) is 5.69 Å². The first-order valence-corrected chi connectivity index (χ1v) is 24.5. The van der Waals surface area contributed by atoms with Gasteiger partial charge in [-0.1, -0.05) is 5.21 Å². The van der Waals surface area contributed by atoms with E-state index in [4.69, 9.17) is 10.2 Å². The van der Waals surface area contributed by atoms with Gasteiger partial charge in [-0.25, -0.2) is 33.4 Å². The molecule has 0 bridgehead atoms. The van der Waals surface area contributed by atoms with Crippen molar-refractivity contribution >= 4 is 65.6 Å². The van der Waals surface area contributed by atoms with Crippen LogP contribution in [-0.4, -0.2) is 184 Å². The van der Waals surface area contributed by atoms with Gasteiger partial charge < -0.3 is 67.0 Å². The predicted molar refractivity (Wildman–Crippen MR) is 256 cm³/mol. The van der Waals surface area contributed by atoms with Gasteiger partial charge in [0, 0.05) is 63.5 Å². The monoisotopic (exact) mass is 1060 g/mol. The summed E-state index contributed by atoms with van der Waals surface area (Å²) in [5.74, 6) is -9.81. The molecular formula is C47H65FN10O17. The molecule has 7 amide bonds. The summed E-state index contributed by atoms with van der Waals surface area (Å²) in [6, 6.07) is -2.42. The van der Waals surface area contributed by atoms with E-state index >= 15 is 0 Å². The van der Waals surface area contributed by atoms with Gasteiger partial charge in [0.1, 0.15) is 24.2 Å². The normalized spacial score (nSPS) is 16.0. The molecule has 1 aromatic carbocycles. The summed E-state index contributed by atoms with van der Waals surface area (Å²) in [6.45, 7) is 0.483. The fraction of sp³-hybridized carbons (Fsp3) is 0.596. The SMILES string of the molecule is O=C(O)CC[C@H](NC(=O)N[C@@H](CC1CCN(C(=O)CCC(CCC(=O)N2CCC(C[C@@H](NC(=O)N[C@H](CCC(=O)O)C(=O)O)C(=O)O)CC2)NC(=O)c2ccc(-n3cc(CCCF)nn3)cc2)CC1)C(=O)O)C(=O)O. The van der Waals surface area contributed by atoms with E-state index in [1.807, 2.05) is 0 Å². The lowest BCUT2D eigenvalue weighted by atomic mass is 9.89. The number of nitrogens with zero attached hydrogens (tertiary/aromatic N) is 5. The largest absolute Gasteiger partial charge is 0.481 e. The van der Waals surface area contributed by atoms with E-state index in [0.29, 0.717) is 49.9 Å². The summed E-state index contributed by atoms with van der Waals surface area (Å²) in [4.78, 5) is 138. The molecule has 2 aliphatic rings. The summed E-state index contributed by atoms with van der Waals surface area (Å²) < 4.78 is 14.2. The summed E-state index contributed by atoms with van der Waals surface area (Å²) in [6.07, 6.45) is 2.02. The molecule has 5 atom stereocenters. The number of hydrogen-bond donors (Lipinski definition) is 11. The molecule has 0 spiro atoms. The van der Waals surface area contributed by atoms with Crippen LogP contribution in [0, 0.1) is 11.8 Å². The van der Waals surface area contributed by atoms with Crippen LogP contribution >= 0.6 is 0 Å². The Morgan fingerprint density at radius 3 is 1.36 bits per heavy atom. The maximum Gasteiger partial charge on any atom is 0.326 e. The van der Waals surface area contributed by atoms with Gasteiger partial charge in [0.25, 0.3) is 5.91 Å². The number of hydrogen-bond acceptors (Lipinski definition) is 13. The Bertz CT molecular complexity index is 2230. The summed E-state index contributed by atoms with van der Waals surface area (Å²) in [5.41, 5.74) is 1.45. The molecule has 2 fully saturated rings. The lowest BCUT2D eigenvalue weighted by Crippen LogP contribution is -2.52. The minimum absolute atomic E-state index is 0.0343. The number of urea groups is 2. The second kappa shape index (κ2) is 29.7. The van der Waals surface area contributed by atoms with Gasteiger partial charge in [-0.15, -0.1) is 5.10 Å². The molecule has 27 nitrogen and oxygen atoms in total. The highest BCUT2D eigenvalue weighted by molar-refractivity contribution is 5.94. The van der Waals surface area contributed by atoms with E-state index < -0.39 is 116 Å². The van der Waals surface area contributed by atoms with Gasteiger partial charge in [0.2, 0.25) is 11.8 Å². The highest BCUT2D eigenvalue weighted by atomic mass is 19.1. The van der Waals surface area contributed by atoms with Crippen molar-refractivity contribution < 1.29 is 87.8 Å². The highest BCUT2D eigenvalue weighted by Crippen LogP contribution is 2.25. The third-order valence-electron chi connectivity index (χ3n) is 13.0. The number of carbonyl (C=O) groups excluding carboxylic acids is 5. The Kier molecular flexibility index (Phi) is 23.6. The predicted octanol–water partition coefficient (Wildman–Crippen LogP) is 1.23. The average molecular weight is 1060 g/mol. The van der Waals surface area contributed by atoms with E-state index in [2.05, 4.69) is 36.9 Å². The van der Waals surface area contributed by atoms with Crippen LogP contribution in [0.4, 0.5) is 14.0 Å². The molecule has 1 unspecified atom stereocenters. The Hall–Kier alpha value is -7.94. The Morgan fingerprint density at radius 2 is 0.973 bits per heavy atom. The molecule has 4 rings (SSSR count). The molecule has 28 heteroatoms. The molecule has 2 aliphatic heterocycles. The molecule has 1 aromatic heterocycles. The summed E-state index contributed by atoms with van der Waals surface area (Å²) in [5, 5.41) is 75.8. The van der Waals surface area contributed by atoms with Crippen LogP contribution in [0.2, 0.25) is 0 Å². The number of aromatic nitrogens is 3. The quantitative estimate of drug-likeness (QED) is 0.0524. The molecule has 11 N–H and O–H groups in total. The first-order chi connectivity index (χ1) is 35.6. The number of piperidine rings is 2. The van der Waals surface area contributed by atoms with Gasteiger partial charge in [-0.05, 0) is 113 Å². The van der Waals surface area contributed by atoms with Crippen molar-refractivity contribution in [3.63, 3.8) is 0 Å². The zero-order valence-corrected chi connectivity index (χ0v) is 41.1. The zero-order valence-electron chi connectivity index (χ0n) is 41.1. The van der Waals surface area contributed by atoms with Crippen molar-refractivity contribution in [2.24, 2.45) is 11.8 Å². The number of aryl methyl sites for hydroxylation is 1. The lowest BCUT2D eigenvalue weighted by molar-refractivity contribution is -0.142. The Morgan fingerprint density at radius 1 is 0.560 bits per heavy atom. The van der Waals surface area contributed by atoms with Gasteiger partial charge in [0.05, 0.1) is 24.3 Å². The van der Waals surface area contributed by atoms with E-state index in [-0.39, 0.29) is 93.9 Å². The van der Waals surface area contributed by atoms with Crippen LogP contribution in [0.5, 0.6) is 0 Å². The average Bonchev–Trinajstić information content (AvgIpc) is 3.85. The Balaban J connectivity index is 1.34. The number of benzene rings is 1. The summed E-state index contributed by atoms with van der Waals surface area (Å²) >= 11 is 0. The lowest BCUT2D eigenvalue weighted by Gasteiger charge is -2.34. The molecular weight excluding hydrogens is 996 g/mol. The number of carbonyl (C=O) groups is 11. The number of nitrogens with one attached hydrogen (secondary N) is 5. The Labute approximate surface area is 428 Å². The minimum Gasteiger partial charge on any atom is -0.481 e. The van der Waals surface area contributed by atoms with Crippen LogP contribution in [0.1, 0.15) is 112 Å². The van der Waals surface area contributed by atoms with Crippen LogP contribution in [-0.2, 0) is 44.8 Å². The third kappa shape index (κ3) is 20.5. The van der Waals surface area contributed by atoms with Crippen LogP contribution in [0.15, 0.2) is 30.5 Å². The molecule has 2 saturated heterocycles. The minimum atomic E-state index is -1.57. The van der Waals surface area contributed by atoms with E-state index in [1.165, 1.54) is 4.68 Å². The number of aliphatic carboxylic acids is 6. The summed E-state index contributed by atoms with van der Waals surface area (Å²) in [7, 11) is 0. The number of amides is 7. The number of carboxylic acid groups (broad SMARTS) is 6. The highest BCUT2D eigenvalue weighted by Gasteiger charge is 2.33. The van der Waals surface area contributed by atoms with Crippen LogP contribution in [0.3, 0.4) is 0 Å². The van der Waals surface area contributed by atoms with Crippen LogP contribution in [0.25, 0.3) is 5.69 Å². The number of alkyl halides is 1. The molecule has 0 saturated carbocycles. The number of rotatable bonds is 30. The third-order valence-corrected chi connectivity index (χ3v) is 13.0. The first-order valence-electron chi connectivity index (χ1n) is 24.5. The van der Waals surface area contributed by atoms with Gasteiger partial charge >= 0.3 is 47.9 Å². The molecule has 2 aromatic rings. The molecule has 0 radical (unpaired) electrons. The van der Waals surface area contributed by atoms with Crippen molar-refractivity contribution in [3.05, 3.63) is 41.7 Å². The fourth-order valence-corrected chi connectivity index (χ4v) is 8.73. The molecule has 3 heterocycles. The van der Waals surface area contributed by atoms with E-state index in [0.717, 1.165) is 0 Å². The smallest absolute Gasteiger partial charge is 0.326 e. The standard InChI is InChI=1S/C47H65FN10O17/c48-19-1-2-31-26-58(55-54-31)32-7-3-29(4-8-32)41(65)49-30(5-11-37(59)56-20-15-27(16-21-56)24-35(44(70)71)52-46(74)50-33(42(66)67)9-13-39(61)62)6-12-38(60)57-22-17-28(18-23-57)25-36(45(72)73)53-47(75)51-34(43(68)69)10-14-40(63)64/h3-4,7-8,26-28,30,33-36H,1-2,5-6,9-25H2,(H,49,65)(H,61,62)(H,63,64)(H,66,67)(H,68,69)(H,70,71)(H,72,73)(H2,50,52,74)(H2,51,53,75)/t30?,33-,34+,35-,36+. The fourth-order valence-electron chi connectivity index (χ4n) is 8.73. The van der Waals surface area contributed by atoms with Crippen molar-refractivity contribution in [2.75, 3.05) is 32.9 Å². The number of likely N-dealkylation sites (tertiary alicyclic amines) is 2. The molecule has 75 heavy (non-hydrogen) atoms. The second-order valence-corrected chi connectivity index (χ2v) is 18.5. The first kappa shape index (κ1) is 59.6. The maximum absolute atomic E-state index is 13.7. The van der Waals surface area contributed by atoms with Gasteiger partial charge in [-0.3, -0.25) is 28.4 Å². The van der Waals surface area contributed by atoms with E-state index in [9.17, 15) is 77.6 Å². The second-order valence-electron chi connectivity index (χ2n) is 18.5. The van der Waals surface area contributed by atoms with Crippen molar-refractivity contribution in [1.82, 2.24) is 51.4 Å². The maximum atomic E-state index is 13.7. The van der Waals surface area contributed by atoms with Crippen LogP contribution < -0.4 is 26.6 Å². The topological polar surface area (TPSA) is 406 Å². The van der Waals surface area contributed by atoms with Gasteiger partial charge in [-0.2, -0.15) is 0 Å². The number of halogens is 1. The van der Waals surface area contributed by atoms with Crippen molar-refractivity contribution in [1.29, 1.82) is 0 Å². The van der Waals surface area contributed by atoms with Crippen molar-refractivity contribution in [2.45, 2.75) is 133 Å². The van der Waals surface area contributed by atoms with Gasteiger partial charge in [0.15, 0.2) is 0 Å².